The zero-order valence-electron chi connectivity index (χ0n) is 72.9. The Kier molecular flexibility index (Phi) is 23.1. The molecule has 20 aromatic rings. The highest BCUT2D eigenvalue weighted by Gasteiger charge is 2.32. The quantitative estimate of drug-likeness (QED) is 0.112. The number of hydrogen-bond acceptors (Lipinski definition) is 16. The molecule has 16 nitrogen and oxygen atoms in total. The minimum absolute atomic E-state index is 0.410. The van der Waals surface area contributed by atoms with Gasteiger partial charge in [0.25, 0.3) is 0 Å². The lowest BCUT2D eigenvalue weighted by atomic mass is 9.93. The normalized spacial score (nSPS) is 11.7. The molecular weight excluding hydrogens is 1670 g/mol. The Bertz CT molecular complexity index is 7730. The van der Waals surface area contributed by atoms with E-state index in [0.29, 0.717) is 28.2 Å². The van der Waals surface area contributed by atoms with Gasteiger partial charge in [-0.25, -0.2) is 9.97 Å². The monoisotopic (exact) mass is 1750 g/mol. The van der Waals surface area contributed by atoms with Crippen LogP contribution in [-0.2, 0) is 0 Å². The Hall–Kier alpha value is -19.5. The van der Waals surface area contributed by atoms with Crippen molar-refractivity contribution in [3.63, 3.8) is 0 Å². The minimum atomic E-state index is 0.410. The van der Waals surface area contributed by atoms with Crippen LogP contribution < -0.4 is 38.5 Å². The Labute approximate surface area is 786 Å². The summed E-state index contributed by atoms with van der Waals surface area (Å²) in [6.07, 6.45) is 8.53. The van der Waals surface area contributed by atoms with Crippen LogP contribution in [0, 0.1) is 45.3 Å². The van der Waals surface area contributed by atoms with Crippen LogP contribution in [-0.4, -0.2) is 19.9 Å². The largest absolute Gasteiger partial charge is 0.453 e. The molecule has 16 aromatic carbocycles. The molecule has 0 bridgehead atoms. The van der Waals surface area contributed by atoms with Crippen LogP contribution in [0.3, 0.4) is 0 Å². The van der Waals surface area contributed by atoms with Crippen molar-refractivity contribution in [1.29, 1.82) is 21.0 Å². The van der Waals surface area contributed by atoms with Crippen molar-refractivity contribution in [2.24, 2.45) is 0 Å². The van der Waals surface area contributed by atoms with Crippen molar-refractivity contribution < 1.29 is 18.9 Å². The highest BCUT2D eigenvalue weighted by molar-refractivity contribution is 5.96. The predicted octanol–water partition coefficient (Wildman–Crippen LogP) is 31.5. The van der Waals surface area contributed by atoms with E-state index < -0.39 is 0 Å². The number of nitrogens with zero attached hydrogens (tertiary/aromatic N) is 12. The molecule has 8 heterocycles. The van der Waals surface area contributed by atoms with Gasteiger partial charge in [0.2, 0.25) is 0 Å². The van der Waals surface area contributed by atoms with Crippen LogP contribution in [0.4, 0.5) is 68.2 Å². The van der Waals surface area contributed by atoms with E-state index in [4.69, 9.17) is 24.2 Å². The molecule has 136 heavy (non-hydrogen) atoms. The van der Waals surface area contributed by atoms with Crippen molar-refractivity contribution in [3.8, 4) is 159 Å². The molecule has 640 valence electrons. The zero-order chi connectivity index (χ0) is 91.6. The van der Waals surface area contributed by atoms with Crippen LogP contribution in [0.1, 0.15) is 22.5 Å². The van der Waals surface area contributed by atoms with Crippen LogP contribution >= 0.6 is 0 Å². The van der Waals surface area contributed by atoms with Gasteiger partial charge in [-0.2, -0.15) is 21.0 Å². The van der Waals surface area contributed by atoms with Gasteiger partial charge >= 0.3 is 0 Å². The summed E-state index contributed by atoms with van der Waals surface area (Å²) < 4.78 is 24.7. The minimum Gasteiger partial charge on any atom is -0.453 e. The molecule has 0 fully saturated rings. The molecule has 4 aliphatic rings. The summed E-state index contributed by atoms with van der Waals surface area (Å²) in [5, 5.41) is 37.7. The molecule has 0 saturated carbocycles. The van der Waals surface area contributed by atoms with E-state index in [9.17, 15) is 15.8 Å². The molecule has 0 N–H and O–H groups in total. The fraction of sp³-hybridized carbons (Fsp3) is 0. The summed E-state index contributed by atoms with van der Waals surface area (Å²) in [6.45, 7) is 0. The average molecular weight is 1750 g/mol. The Morgan fingerprint density at radius 2 is 0.515 bits per heavy atom. The van der Waals surface area contributed by atoms with E-state index >= 15 is 0 Å². The third-order valence-electron chi connectivity index (χ3n) is 23.9. The second-order valence-electron chi connectivity index (χ2n) is 32.0. The Morgan fingerprint density at radius 1 is 0.206 bits per heavy atom. The number of anilines is 12. The van der Waals surface area contributed by atoms with Gasteiger partial charge in [-0.15, -0.1) is 0 Å². The van der Waals surface area contributed by atoms with Gasteiger partial charge in [0.1, 0.15) is 35.7 Å². The smallest absolute Gasteiger partial charge is 0.151 e. The molecular formula is C120H76N12O4. The van der Waals surface area contributed by atoms with Crippen molar-refractivity contribution in [2.45, 2.75) is 0 Å². The molecule has 16 heteroatoms. The topological polar surface area (TPSA) is 197 Å². The number of fused-ring (bicyclic) bond motifs is 8. The van der Waals surface area contributed by atoms with Gasteiger partial charge in [0.05, 0.1) is 62.3 Å². The van der Waals surface area contributed by atoms with Gasteiger partial charge in [0, 0.05) is 76.0 Å². The van der Waals surface area contributed by atoms with Gasteiger partial charge in [-0.3, -0.25) is 9.97 Å². The lowest BCUT2D eigenvalue weighted by molar-refractivity contribution is 0.477. The SMILES string of the molecule is N#Cc1ccc(-c2ccccc2-c2cccc(N3c4ccccc4Oc4ccccc43)c2)cn1.N#Cc1cccnc1-c1ccccc1-c1cccc(N2c3ccccc3Oc3ccccc32)c1.N#Cc1cncc(-c2ccccc2-c2cccc(N3c4ccccc4Oc4ccccc43)c2)c1.N#Cc1ncccc1-c1ccccc1-c1cccc(N2c3ccccc3Oc3ccccc32)c1. The maximum atomic E-state index is 9.63. The first kappa shape index (κ1) is 83.4. The molecule has 24 rings (SSSR count). The summed E-state index contributed by atoms with van der Waals surface area (Å²) in [7, 11) is 0. The molecule has 0 amide bonds. The van der Waals surface area contributed by atoms with Crippen molar-refractivity contribution in [2.75, 3.05) is 19.6 Å². The lowest BCUT2D eigenvalue weighted by Crippen LogP contribution is -2.15. The molecule has 0 aliphatic carbocycles. The number of benzene rings is 16. The van der Waals surface area contributed by atoms with Crippen molar-refractivity contribution >= 4 is 68.2 Å². The number of aromatic nitrogens is 4. The Morgan fingerprint density at radius 3 is 0.860 bits per heavy atom. The van der Waals surface area contributed by atoms with Crippen LogP contribution in [0.5, 0.6) is 46.0 Å². The highest BCUT2D eigenvalue weighted by atomic mass is 16.5. The van der Waals surface area contributed by atoms with Gasteiger partial charge in [-0.1, -0.05) is 243 Å². The van der Waals surface area contributed by atoms with Crippen molar-refractivity contribution in [3.05, 3.63) is 484 Å². The van der Waals surface area contributed by atoms with Gasteiger partial charge in [-0.05, 0) is 249 Å². The van der Waals surface area contributed by atoms with Crippen LogP contribution in [0.2, 0.25) is 0 Å². The summed E-state index contributed by atoms with van der Waals surface area (Å²) in [6, 6.07) is 153. The molecule has 0 spiro atoms. The van der Waals surface area contributed by atoms with E-state index in [2.05, 4.69) is 246 Å². The van der Waals surface area contributed by atoms with E-state index in [1.807, 2.05) is 231 Å². The van der Waals surface area contributed by atoms with Crippen LogP contribution in [0.15, 0.2) is 462 Å². The summed E-state index contributed by atoms with van der Waals surface area (Å²) >= 11 is 0. The van der Waals surface area contributed by atoms with E-state index in [-0.39, 0.29) is 0 Å². The second kappa shape index (κ2) is 37.7. The second-order valence-corrected chi connectivity index (χ2v) is 32.0. The number of ether oxygens (including phenoxy) is 4. The molecule has 0 unspecified atom stereocenters. The maximum absolute atomic E-state index is 9.63. The number of pyridine rings is 4. The fourth-order valence-corrected chi connectivity index (χ4v) is 17.8. The maximum Gasteiger partial charge on any atom is 0.151 e. The standard InChI is InChI=1S/4C30H19N3O/c31-20-22-10-8-18-32-30(22)25-13-2-1-12-24(25)21-9-7-11-23(19-21)33-26-14-3-5-16-28(26)34-29-17-6-4-15-27(29)33;31-20-26-25(13-8-18-32-26)24-12-2-1-11-23(24)21-9-7-10-22(19-21)33-27-14-3-5-16-29(27)34-30-17-6-4-15-28(30)33;31-18-21-16-23(20-32-19-21)26-11-2-1-10-25(26)22-8-7-9-24(17-22)33-27-12-3-5-14-29(27)34-30-15-6-4-13-28(30)33;31-19-23-17-16-22(20-32-23)26-11-2-1-10-25(26)21-8-7-9-24(18-21)33-27-12-3-5-14-29(27)34-30-15-6-4-13-28(30)33/h2*1-19H;1-17,19-20H;1-18,20H. The summed E-state index contributed by atoms with van der Waals surface area (Å²) in [4.78, 5) is 26.2. The first-order valence-electron chi connectivity index (χ1n) is 44.2. The number of rotatable bonds is 12. The summed E-state index contributed by atoms with van der Waals surface area (Å²) in [5.41, 5.74) is 30.0. The van der Waals surface area contributed by atoms with Crippen molar-refractivity contribution in [1.82, 2.24) is 19.9 Å². The third-order valence-corrected chi connectivity index (χ3v) is 23.9. The Balaban J connectivity index is 0.000000108. The highest BCUT2D eigenvalue weighted by Crippen LogP contribution is 2.56. The first-order chi connectivity index (χ1) is 67.3. The lowest BCUT2D eigenvalue weighted by Gasteiger charge is -2.33. The molecule has 0 radical (unpaired) electrons. The third kappa shape index (κ3) is 16.5. The van der Waals surface area contributed by atoms with E-state index in [0.717, 1.165) is 198 Å². The predicted molar refractivity (Wildman–Crippen MR) is 538 cm³/mol. The molecule has 0 atom stereocenters. The number of hydrogen-bond donors (Lipinski definition) is 0. The molecule has 4 aromatic heterocycles. The zero-order valence-corrected chi connectivity index (χ0v) is 72.9. The molecule has 0 saturated heterocycles. The number of para-hydroxylation sites is 16. The van der Waals surface area contributed by atoms with Gasteiger partial charge < -0.3 is 38.5 Å². The van der Waals surface area contributed by atoms with Gasteiger partial charge in [0.15, 0.2) is 46.0 Å². The van der Waals surface area contributed by atoms with E-state index in [1.54, 1.807) is 49.2 Å². The van der Waals surface area contributed by atoms with Crippen LogP contribution in [0.25, 0.3) is 89.1 Å². The fourth-order valence-electron chi connectivity index (χ4n) is 17.8. The summed E-state index contributed by atoms with van der Waals surface area (Å²) in [5.74, 6) is 6.59. The number of nitriles is 4. The molecule has 4 aliphatic heterocycles. The average Bonchev–Trinajstić information content (AvgIpc) is 0.764. The first-order valence-corrected chi connectivity index (χ1v) is 44.2. The van der Waals surface area contributed by atoms with E-state index in [1.165, 1.54) is 0 Å².